The number of hydrogen-bond acceptors (Lipinski definition) is 6. The Labute approximate surface area is 130 Å². The van der Waals surface area contributed by atoms with Crippen molar-refractivity contribution in [2.75, 3.05) is 31.0 Å². The van der Waals surface area contributed by atoms with E-state index in [1.165, 1.54) is 11.8 Å². The highest BCUT2D eigenvalue weighted by Gasteiger charge is 2.21. The molecular formula is C13H22N2O4S2. The van der Waals surface area contributed by atoms with E-state index in [1.54, 1.807) is 31.2 Å². The smallest absolute Gasteiger partial charge is 0.215 e. The van der Waals surface area contributed by atoms with Crippen LogP contribution in [0.5, 0.6) is 5.75 Å². The quantitative estimate of drug-likeness (QED) is 0.574. The van der Waals surface area contributed by atoms with Crippen molar-refractivity contribution in [2.45, 2.75) is 18.2 Å². The highest BCUT2D eigenvalue weighted by atomic mass is 32.2. The largest absolute Gasteiger partial charge is 0.492 e. The molecule has 0 bridgehead atoms. The van der Waals surface area contributed by atoms with Crippen molar-refractivity contribution in [1.29, 1.82) is 0 Å². The molecule has 0 aliphatic heterocycles. The molecular weight excluding hydrogens is 312 g/mol. The van der Waals surface area contributed by atoms with E-state index in [0.29, 0.717) is 11.4 Å². The van der Waals surface area contributed by atoms with Gasteiger partial charge >= 0.3 is 0 Å². The van der Waals surface area contributed by atoms with E-state index >= 15 is 0 Å². The number of aliphatic hydroxyl groups is 1. The first-order valence-corrected chi connectivity index (χ1v) is 9.44. The zero-order valence-corrected chi connectivity index (χ0v) is 13.8. The average molecular weight is 334 g/mol. The van der Waals surface area contributed by atoms with Gasteiger partial charge in [-0.15, -0.1) is 0 Å². The van der Waals surface area contributed by atoms with Gasteiger partial charge in [-0.3, -0.25) is 0 Å². The molecule has 2 atom stereocenters. The van der Waals surface area contributed by atoms with Gasteiger partial charge in [0, 0.05) is 17.0 Å². The number of rotatable bonds is 9. The van der Waals surface area contributed by atoms with Crippen molar-refractivity contribution in [1.82, 2.24) is 4.72 Å². The zero-order valence-electron chi connectivity index (χ0n) is 12.2. The van der Waals surface area contributed by atoms with Gasteiger partial charge in [0.1, 0.15) is 12.4 Å². The first-order chi connectivity index (χ1) is 9.88. The lowest BCUT2D eigenvalue weighted by Crippen LogP contribution is -2.42. The summed E-state index contributed by atoms with van der Waals surface area (Å²) in [5.41, 5.74) is 6.17. The Kier molecular flexibility index (Phi) is 7.30. The van der Waals surface area contributed by atoms with Gasteiger partial charge < -0.3 is 15.6 Å². The summed E-state index contributed by atoms with van der Waals surface area (Å²) in [6.07, 6.45) is 1.83. The van der Waals surface area contributed by atoms with Crippen LogP contribution < -0.4 is 15.2 Å². The van der Waals surface area contributed by atoms with Crippen LogP contribution in [0.1, 0.15) is 6.92 Å². The van der Waals surface area contributed by atoms with Crippen molar-refractivity contribution in [3.8, 4) is 5.75 Å². The van der Waals surface area contributed by atoms with Crippen molar-refractivity contribution in [3.63, 3.8) is 0 Å². The Balaban J connectivity index is 2.44. The number of ether oxygens (including phenoxy) is 1. The number of thioether (sulfide) groups is 1. The van der Waals surface area contributed by atoms with Gasteiger partial charge in [-0.25, -0.2) is 13.1 Å². The minimum absolute atomic E-state index is 0.0506. The zero-order chi connectivity index (χ0) is 15.9. The maximum absolute atomic E-state index is 11.9. The van der Waals surface area contributed by atoms with E-state index in [0.717, 1.165) is 0 Å². The Morgan fingerprint density at radius 3 is 2.52 bits per heavy atom. The summed E-state index contributed by atoms with van der Waals surface area (Å²) in [6.45, 7) is 1.71. The van der Waals surface area contributed by atoms with Crippen molar-refractivity contribution >= 4 is 27.5 Å². The van der Waals surface area contributed by atoms with E-state index < -0.39 is 10.0 Å². The molecule has 0 saturated carbocycles. The van der Waals surface area contributed by atoms with E-state index in [2.05, 4.69) is 4.72 Å². The summed E-state index contributed by atoms with van der Waals surface area (Å²) in [5.74, 6) is 0.429. The third-order valence-corrected chi connectivity index (χ3v) is 5.50. The predicted octanol–water partition coefficient (Wildman–Crippen LogP) is 0.679. The van der Waals surface area contributed by atoms with Gasteiger partial charge in [0.2, 0.25) is 10.0 Å². The fourth-order valence-corrected chi connectivity index (χ4v) is 3.55. The molecule has 0 radical (unpaired) electrons. The molecule has 1 aromatic rings. The molecule has 0 amide bonds. The fourth-order valence-electron chi connectivity index (χ4n) is 1.69. The predicted molar refractivity (Wildman–Crippen MR) is 87.1 cm³/mol. The maximum Gasteiger partial charge on any atom is 0.215 e. The number of nitrogens with two attached hydrogens (primary N) is 1. The van der Waals surface area contributed by atoms with Gasteiger partial charge in [0.05, 0.1) is 12.4 Å². The number of benzene rings is 1. The lowest BCUT2D eigenvalue weighted by atomic mass is 10.3. The summed E-state index contributed by atoms with van der Waals surface area (Å²) >= 11 is 1.42. The molecule has 2 unspecified atom stereocenters. The standard InChI is InChI=1S/C13H22N2O4S2/c1-10(13(9-16)20-2)15-21(17,18)8-7-19-12-5-3-11(14)4-6-12/h3-6,10,13,15-16H,7-9,14H2,1-2H3. The summed E-state index contributed by atoms with van der Waals surface area (Å²) in [7, 11) is -3.45. The SMILES string of the molecule is CSC(CO)C(C)NS(=O)(=O)CCOc1ccc(N)cc1. The molecule has 4 N–H and O–H groups in total. The van der Waals surface area contributed by atoms with Crippen LogP contribution >= 0.6 is 11.8 Å². The molecule has 1 rings (SSSR count). The first kappa shape index (κ1) is 18.1. The highest BCUT2D eigenvalue weighted by Crippen LogP contribution is 2.13. The number of anilines is 1. The van der Waals surface area contributed by atoms with Gasteiger partial charge in [0.25, 0.3) is 0 Å². The van der Waals surface area contributed by atoms with Crippen LogP contribution in [-0.2, 0) is 10.0 Å². The average Bonchev–Trinajstić information content (AvgIpc) is 2.41. The third kappa shape index (κ3) is 6.56. The van der Waals surface area contributed by atoms with Crippen LogP contribution in [0, 0.1) is 0 Å². The highest BCUT2D eigenvalue weighted by molar-refractivity contribution is 7.99. The second-order valence-electron chi connectivity index (χ2n) is 4.60. The van der Waals surface area contributed by atoms with Crippen molar-refractivity contribution in [3.05, 3.63) is 24.3 Å². The number of sulfonamides is 1. The molecule has 6 nitrogen and oxygen atoms in total. The summed E-state index contributed by atoms with van der Waals surface area (Å²) in [5, 5.41) is 8.98. The molecule has 120 valence electrons. The lowest BCUT2D eigenvalue weighted by molar-refractivity contribution is 0.282. The van der Waals surface area contributed by atoms with Crippen LogP contribution in [0.4, 0.5) is 5.69 Å². The second-order valence-corrected chi connectivity index (χ2v) is 7.55. The van der Waals surface area contributed by atoms with E-state index in [-0.39, 0.29) is 30.3 Å². The maximum atomic E-state index is 11.9. The van der Waals surface area contributed by atoms with E-state index in [4.69, 9.17) is 15.6 Å². The van der Waals surface area contributed by atoms with Crippen LogP contribution in [0.2, 0.25) is 0 Å². The molecule has 0 aliphatic carbocycles. The monoisotopic (exact) mass is 334 g/mol. The normalized spacial score (nSPS) is 14.6. The molecule has 0 aromatic heterocycles. The molecule has 0 aliphatic rings. The van der Waals surface area contributed by atoms with E-state index in [1.807, 2.05) is 6.26 Å². The molecule has 8 heteroatoms. The third-order valence-electron chi connectivity index (χ3n) is 2.91. The van der Waals surface area contributed by atoms with Crippen LogP contribution in [0.25, 0.3) is 0 Å². The summed E-state index contributed by atoms with van der Waals surface area (Å²) < 4.78 is 31.7. The lowest BCUT2D eigenvalue weighted by Gasteiger charge is -2.21. The Hall–Kier alpha value is -0.960. The Morgan fingerprint density at radius 1 is 1.38 bits per heavy atom. The topological polar surface area (TPSA) is 102 Å². The van der Waals surface area contributed by atoms with Crippen molar-refractivity contribution < 1.29 is 18.3 Å². The molecule has 0 saturated heterocycles. The number of nitrogen functional groups attached to an aromatic ring is 1. The summed E-state index contributed by atoms with van der Waals surface area (Å²) in [6, 6.07) is 6.41. The molecule has 21 heavy (non-hydrogen) atoms. The van der Waals surface area contributed by atoms with Gasteiger partial charge in [0.15, 0.2) is 0 Å². The Morgan fingerprint density at radius 2 is 2.00 bits per heavy atom. The van der Waals surface area contributed by atoms with Crippen molar-refractivity contribution in [2.24, 2.45) is 0 Å². The molecule has 1 aromatic carbocycles. The Bertz CT molecular complexity index is 515. The molecule has 0 fully saturated rings. The first-order valence-electron chi connectivity index (χ1n) is 6.50. The van der Waals surface area contributed by atoms with Gasteiger partial charge in [-0.2, -0.15) is 11.8 Å². The number of aliphatic hydroxyl groups excluding tert-OH is 1. The molecule has 0 spiro atoms. The van der Waals surface area contributed by atoms with Gasteiger partial charge in [-0.1, -0.05) is 0 Å². The number of hydrogen-bond donors (Lipinski definition) is 3. The molecule has 0 heterocycles. The number of nitrogens with one attached hydrogen (secondary N) is 1. The van der Waals surface area contributed by atoms with Crippen LogP contribution in [0.3, 0.4) is 0 Å². The van der Waals surface area contributed by atoms with Gasteiger partial charge in [-0.05, 0) is 37.4 Å². The van der Waals surface area contributed by atoms with Crippen LogP contribution in [-0.4, -0.2) is 50.0 Å². The second kappa shape index (κ2) is 8.47. The minimum Gasteiger partial charge on any atom is -0.492 e. The fraction of sp³-hybridized carbons (Fsp3) is 0.538. The minimum atomic E-state index is -3.45. The van der Waals surface area contributed by atoms with E-state index in [9.17, 15) is 8.42 Å². The summed E-state index contributed by atoms with van der Waals surface area (Å²) in [4.78, 5) is 0. The van der Waals surface area contributed by atoms with Crippen LogP contribution in [0.15, 0.2) is 24.3 Å².